The zero-order valence-corrected chi connectivity index (χ0v) is 29.8. The summed E-state index contributed by atoms with van der Waals surface area (Å²) in [6.45, 7) is 9.74. The predicted molar refractivity (Wildman–Crippen MR) is 184 cm³/mol. The largest absolute Gasteiger partial charge is 0.467 e. The molecule has 0 aromatic carbocycles. The smallest absolute Gasteiger partial charge is 0.328 e. The molecule has 2 unspecified atom stereocenters. The summed E-state index contributed by atoms with van der Waals surface area (Å²) in [6.07, 6.45) is 18.7. The van der Waals surface area contributed by atoms with E-state index in [1.807, 2.05) is 0 Å². The molecule has 0 aliphatic carbocycles. The van der Waals surface area contributed by atoms with E-state index >= 15 is 0 Å². The van der Waals surface area contributed by atoms with Crippen LogP contribution in [0, 0.1) is 0 Å². The van der Waals surface area contributed by atoms with E-state index in [0.717, 1.165) is 25.7 Å². The van der Waals surface area contributed by atoms with Crippen molar-refractivity contribution < 1.29 is 38.2 Å². The molecule has 0 heterocycles. The summed E-state index contributed by atoms with van der Waals surface area (Å²) in [5.74, 6) is -2.68. The van der Waals surface area contributed by atoms with E-state index in [0.29, 0.717) is 12.0 Å². The van der Waals surface area contributed by atoms with Crippen molar-refractivity contribution in [3.05, 3.63) is 12.2 Å². The second kappa shape index (κ2) is 29.2. The molecule has 11 nitrogen and oxygen atoms in total. The lowest BCUT2D eigenvalue weighted by molar-refractivity contribution is -0.148. The van der Waals surface area contributed by atoms with Gasteiger partial charge in [0.05, 0.1) is 20.3 Å². The van der Waals surface area contributed by atoms with Gasteiger partial charge >= 0.3 is 17.9 Å². The van der Waals surface area contributed by atoms with E-state index in [9.17, 15) is 24.0 Å². The Morgan fingerprint density at radius 3 is 1.53 bits per heavy atom. The first-order valence-corrected chi connectivity index (χ1v) is 18.0. The van der Waals surface area contributed by atoms with Crippen molar-refractivity contribution in [1.29, 1.82) is 0 Å². The average Bonchev–Trinajstić information content (AvgIpc) is 3.04. The molecule has 0 saturated carbocycles. The molecule has 2 amide bonds. The molecule has 0 saturated heterocycles. The van der Waals surface area contributed by atoms with Gasteiger partial charge in [0, 0.05) is 12.8 Å². The van der Waals surface area contributed by atoms with Gasteiger partial charge < -0.3 is 30.6 Å². The Labute approximate surface area is 283 Å². The van der Waals surface area contributed by atoms with Crippen molar-refractivity contribution in [1.82, 2.24) is 10.6 Å². The first-order valence-electron chi connectivity index (χ1n) is 18.0. The van der Waals surface area contributed by atoms with Crippen LogP contribution in [0.2, 0.25) is 0 Å². The molecule has 0 aliphatic heterocycles. The van der Waals surface area contributed by atoms with Gasteiger partial charge in [0.15, 0.2) is 0 Å². The maximum Gasteiger partial charge on any atom is 0.328 e. The van der Waals surface area contributed by atoms with Crippen LogP contribution in [0.5, 0.6) is 0 Å². The third kappa shape index (κ3) is 23.9. The molecule has 272 valence electrons. The summed E-state index contributed by atoms with van der Waals surface area (Å²) < 4.78 is 14.8. The van der Waals surface area contributed by atoms with Gasteiger partial charge in [0.25, 0.3) is 0 Å². The van der Waals surface area contributed by atoms with Gasteiger partial charge in [0.1, 0.15) is 18.1 Å². The Kier molecular flexibility index (Phi) is 27.4. The molecule has 0 aromatic heterocycles. The fourth-order valence-electron chi connectivity index (χ4n) is 5.31. The van der Waals surface area contributed by atoms with Gasteiger partial charge in [-0.1, -0.05) is 109 Å². The summed E-state index contributed by atoms with van der Waals surface area (Å²) in [4.78, 5) is 62.0. The Morgan fingerprint density at radius 1 is 0.596 bits per heavy atom. The van der Waals surface area contributed by atoms with Gasteiger partial charge in [-0.25, -0.2) is 9.59 Å². The minimum Gasteiger partial charge on any atom is -0.467 e. The number of methoxy groups -OCH3 is 1. The lowest BCUT2D eigenvalue weighted by Crippen LogP contribution is -2.45. The second-order valence-corrected chi connectivity index (χ2v) is 12.3. The summed E-state index contributed by atoms with van der Waals surface area (Å²) in [5.41, 5.74) is 6.31. The zero-order valence-electron chi connectivity index (χ0n) is 29.8. The van der Waals surface area contributed by atoms with E-state index in [-0.39, 0.29) is 44.8 Å². The quantitative estimate of drug-likeness (QED) is 0.0363. The Morgan fingerprint density at radius 2 is 1.04 bits per heavy atom. The first-order chi connectivity index (χ1) is 22.6. The molecule has 0 bridgehead atoms. The second-order valence-electron chi connectivity index (χ2n) is 12.3. The molecule has 0 rings (SSSR count). The minimum atomic E-state index is -1.05. The number of carbonyl (C=O) groups excluding carboxylic acids is 5. The molecule has 11 heteroatoms. The maximum atomic E-state index is 12.8. The first kappa shape index (κ1) is 44.0. The summed E-state index contributed by atoms with van der Waals surface area (Å²) in [5, 5.41) is 5.30. The lowest BCUT2D eigenvalue weighted by atomic mass is 10.0. The average molecular weight is 668 g/mol. The molecule has 0 fully saturated rings. The number of hydrogen-bond acceptors (Lipinski definition) is 9. The summed E-state index contributed by atoms with van der Waals surface area (Å²) in [7, 11) is 1.22. The predicted octanol–water partition coefficient (Wildman–Crippen LogP) is 5.96. The van der Waals surface area contributed by atoms with Gasteiger partial charge in [-0.15, -0.1) is 0 Å². The number of esters is 3. The fourth-order valence-corrected chi connectivity index (χ4v) is 5.31. The number of amides is 2. The molecule has 0 aliphatic rings. The maximum absolute atomic E-state index is 12.8. The van der Waals surface area contributed by atoms with E-state index in [1.165, 1.54) is 77.7 Å². The van der Waals surface area contributed by atoms with Crippen molar-refractivity contribution in [2.24, 2.45) is 5.73 Å². The van der Waals surface area contributed by atoms with Crippen LogP contribution < -0.4 is 16.4 Å². The number of ether oxygens (including phenoxy) is 3. The highest BCUT2D eigenvalue weighted by Gasteiger charge is 2.27. The number of nitrogens with two attached hydrogens (primary N) is 1. The Bertz CT molecular complexity index is 911. The third-order valence-corrected chi connectivity index (χ3v) is 7.99. The van der Waals surface area contributed by atoms with Crippen LogP contribution in [0.3, 0.4) is 0 Å². The van der Waals surface area contributed by atoms with Crippen LogP contribution in [0.25, 0.3) is 0 Å². The molecular formula is C36H65N3O8. The van der Waals surface area contributed by atoms with Crippen molar-refractivity contribution in [3.8, 4) is 0 Å². The van der Waals surface area contributed by atoms with Crippen LogP contribution in [0.1, 0.15) is 149 Å². The van der Waals surface area contributed by atoms with Crippen molar-refractivity contribution >= 4 is 29.7 Å². The van der Waals surface area contributed by atoms with Gasteiger partial charge in [-0.3, -0.25) is 14.4 Å². The van der Waals surface area contributed by atoms with E-state index in [4.69, 9.17) is 19.9 Å². The minimum absolute atomic E-state index is 0.00662. The Balaban J connectivity index is 4.48. The van der Waals surface area contributed by atoms with E-state index in [1.54, 1.807) is 13.8 Å². The highest BCUT2D eigenvalue weighted by Crippen LogP contribution is 2.15. The number of nitrogens with one attached hydrogen (secondary N) is 2. The molecule has 47 heavy (non-hydrogen) atoms. The molecule has 0 aromatic rings. The Hall–Kier alpha value is -2.95. The molecule has 0 radical (unpaired) electrons. The van der Waals surface area contributed by atoms with E-state index < -0.39 is 41.9 Å². The molecule has 4 N–H and O–H groups in total. The summed E-state index contributed by atoms with van der Waals surface area (Å²) in [6, 6.07) is -2.99. The SMILES string of the molecule is C=C(CC(N)C(=O)OCC)CC(NC(=O)CC[C@@H](NC(=O)CCCCCCCCCCCCCCCCC)C(=O)OC)C(=O)OCC. The lowest BCUT2D eigenvalue weighted by Gasteiger charge is -2.21. The van der Waals surface area contributed by atoms with Crippen molar-refractivity contribution in [2.45, 2.75) is 167 Å². The van der Waals surface area contributed by atoms with Crippen LogP contribution in [0.15, 0.2) is 12.2 Å². The van der Waals surface area contributed by atoms with Crippen LogP contribution in [-0.4, -0.2) is 68.2 Å². The fraction of sp³-hybridized carbons (Fsp3) is 0.806. The van der Waals surface area contributed by atoms with Crippen LogP contribution in [-0.2, 0) is 38.2 Å². The highest BCUT2D eigenvalue weighted by atomic mass is 16.5. The number of carbonyl (C=O) groups is 5. The molecular weight excluding hydrogens is 602 g/mol. The van der Waals surface area contributed by atoms with Gasteiger partial charge in [-0.2, -0.15) is 0 Å². The van der Waals surface area contributed by atoms with Crippen LogP contribution >= 0.6 is 0 Å². The normalized spacial score (nSPS) is 12.8. The van der Waals surface area contributed by atoms with Gasteiger partial charge in [-0.05, 0) is 39.5 Å². The number of unbranched alkanes of at least 4 members (excludes halogenated alkanes) is 14. The number of hydrogen-bond donors (Lipinski definition) is 3. The topological polar surface area (TPSA) is 163 Å². The zero-order chi connectivity index (χ0) is 35.3. The third-order valence-electron chi connectivity index (χ3n) is 7.99. The van der Waals surface area contributed by atoms with Crippen molar-refractivity contribution in [3.63, 3.8) is 0 Å². The molecule has 0 spiro atoms. The number of rotatable bonds is 30. The highest BCUT2D eigenvalue weighted by molar-refractivity contribution is 5.87. The monoisotopic (exact) mass is 667 g/mol. The van der Waals surface area contributed by atoms with Gasteiger partial charge in [0.2, 0.25) is 11.8 Å². The van der Waals surface area contributed by atoms with Crippen molar-refractivity contribution in [2.75, 3.05) is 20.3 Å². The summed E-state index contributed by atoms with van der Waals surface area (Å²) >= 11 is 0. The van der Waals surface area contributed by atoms with E-state index in [2.05, 4.69) is 24.1 Å². The standard InChI is InChI=1S/C36H65N3O8/c1-6-9-10-11-12-13-14-15-16-17-18-19-20-21-22-23-32(40)38-30(35(43)45-5)24-25-33(41)39-31(36(44)47-8-3)27-28(4)26-29(37)34(42)46-7-2/h29-31H,4,6-27,37H2,1-3,5H3,(H,38,40)(H,39,41)/t29?,30-,31?/m1/s1. The molecule has 3 atom stereocenters. The van der Waals surface area contributed by atoms with Crippen LogP contribution in [0.4, 0.5) is 0 Å².